The molecule has 0 saturated heterocycles. The molecule has 18 heavy (non-hydrogen) atoms. The molecule has 98 valence electrons. The van der Waals surface area contributed by atoms with Crippen LogP contribution in [0.5, 0.6) is 5.75 Å². The van der Waals surface area contributed by atoms with Gasteiger partial charge in [0.15, 0.2) is 0 Å². The largest absolute Gasteiger partial charge is 0.508 e. The number of phenols is 1. The van der Waals surface area contributed by atoms with Crippen LogP contribution in [0.4, 0.5) is 0 Å². The third kappa shape index (κ3) is 2.69. The molecule has 3 rings (SSSR count). The van der Waals surface area contributed by atoms with Gasteiger partial charge in [-0.3, -0.25) is 0 Å². The molecule has 0 amide bonds. The monoisotopic (exact) mass is 245 g/mol. The van der Waals surface area contributed by atoms with E-state index in [-0.39, 0.29) is 5.54 Å². The van der Waals surface area contributed by atoms with Gasteiger partial charge in [-0.2, -0.15) is 0 Å². The highest BCUT2D eigenvalue weighted by Crippen LogP contribution is 2.46. The van der Waals surface area contributed by atoms with E-state index < -0.39 is 0 Å². The van der Waals surface area contributed by atoms with E-state index in [1.807, 2.05) is 12.1 Å². The summed E-state index contributed by atoms with van der Waals surface area (Å²) in [5.74, 6) is 2.18. The van der Waals surface area contributed by atoms with E-state index in [9.17, 15) is 5.11 Å². The van der Waals surface area contributed by atoms with Gasteiger partial charge in [-0.15, -0.1) is 0 Å². The van der Waals surface area contributed by atoms with Crippen molar-refractivity contribution < 1.29 is 5.11 Å². The summed E-state index contributed by atoms with van der Waals surface area (Å²) in [6.07, 6.45) is 8.71. The van der Waals surface area contributed by atoms with E-state index in [4.69, 9.17) is 5.73 Å². The number of nitrogens with two attached hydrogens (primary N) is 1. The normalized spacial score (nSPS) is 32.4. The SMILES string of the molecule is NC1(Cc2cccc(O)c2)CCCC(C2CC2)C1. The van der Waals surface area contributed by atoms with Gasteiger partial charge in [0, 0.05) is 5.54 Å². The van der Waals surface area contributed by atoms with Crippen LogP contribution >= 0.6 is 0 Å². The Kier molecular flexibility index (Phi) is 3.06. The lowest BCUT2D eigenvalue weighted by Gasteiger charge is -2.38. The molecule has 2 nitrogen and oxygen atoms in total. The fourth-order valence-corrected chi connectivity index (χ4v) is 3.65. The maximum atomic E-state index is 9.54. The summed E-state index contributed by atoms with van der Waals surface area (Å²) in [5, 5.41) is 9.54. The van der Waals surface area contributed by atoms with E-state index >= 15 is 0 Å². The van der Waals surface area contributed by atoms with E-state index in [0.717, 1.165) is 24.7 Å². The molecule has 0 aliphatic heterocycles. The number of rotatable bonds is 3. The smallest absolute Gasteiger partial charge is 0.115 e. The first-order valence-electron chi connectivity index (χ1n) is 7.21. The number of phenolic OH excluding ortho intramolecular Hbond substituents is 1. The van der Waals surface area contributed by atoms with Gasteiger partial charge in [-0.25, -0.2) is 0 Å². The summed E-state index contributed by atoms with van der Waals surface area (Å²) in [6.45, 7) is 0. The Hall–Kier alpha value is -1.02. The summed E-state index contributed by atoms with van der Waals surface area (Å²) >= 11 is 0. The summed E-state index contributed by atoms with van der Waals surface area (Å²) in [5.41, 5.74) is 7.75. The van der Waals surface area contributed by atoms with Crippen LogP contribution in [-0.4, -0.2) is 10.6 Å². The average Bonchev–Trinajstić information content (AvgIpc) is 3.12. The van der Waals surface area contributed by atoms with E-state index in [1.165, 1.54) is 37.7 Å². The molecule has 0 bridgehead atoms. The lowest BCUT2D eigenvalue weighted by Crippen LogP contribution is -2.46. The highest BCUT2D eigenvalue weighted by molar-refractivity contribution is 5.28. The molecular formula is C16H23NO. The first-order valence-corrected chi connectivity index (χ1v) is 7.21. The number of hydrogen-bond acceptors (Lipinski definition) is 2. The van der Waals surface area contributed by atoms with Crippen molar-refractivity contribution in [2.75, 3.05) is 0 Å². The van der Waals surface area contributed by atoms with Crippen LogP contribution in [-0.2, 0) is 6.42 Å². The van der Waals surface area contributed by atoms with E-state index in [2.05, 4.69) is 6.07 Å². The summed E-state index contributed by atoms with van der Waals surface area (Å²) in [4.78, 5) is 0. The maximum absolute atomic E-state index is 9.54. The van der Waals surface area contributed by atoms with Crippen LogP contribution in [0.1, 0.15) is 44.1 Å². The zero-order valence-electron chi connectivity index (χ0n) is 10.9. The zero-order valence-corrected chi connectivity index (χ0v) is 10.9. The summed E-state index contributed by atoms with van der Waals surface area (Å²) < 4.78 is 0. The molecule has 0 heterocycles. The van der Waals surface area contributed by atoms with Crippen LogP contribution in [0.25, 0.3) is 0 Å². The van der Waals surface area contributed by atoms with Crippen molar-refractivity contribution in [2.45, 2.75) is 50.5 Å². The molecule has 0 spiro atoms. The fraction of sp³-hybridized carbons (Fsp3) is 0.625. The van der Waals surface area contributed by atoms with Gasteiger partial charge < -0.3 is 10.8 Å². The minimum Gasteiger partial charge on any atom is -0.508 e. The van der Waals surface area contributed by atoms with Crippen molar-refractivity contribution >= 4 is 0 Å². The van der Waals surface area contributed by atoms with Gasteiger partial charge in [-0.1, -0.05) is 25.0 Å². The number of hydrogen-bond donors (Lipinski definition) is 2. The van der Waals surface area contributed by atoms with E-state index in [1.54, 1.807) is 6.07 Å². The third-order valence-corrected chi connectivity index (χ3v) is 4.67. The predicted octanol–water partition coefficient (Wildman–Crippen LogP) is 3.23. The Morgan fingerprint density at radius 2 is 2.06 bits per heavy atom. The van der Waals surface area contributed by atoms with Crippen LogP contribution in [0.15, 0.2) is 24.3 Å². The molecule has 2 heteroatoms. The predicted molar refractivity (Wildman–Crippen MR) is 73.4 cm³/mol. The number of aromatic hydroxyl groups is 1. The third-order valence-electron chi connectivity index (χ3n) is 4.67. The minimum atomic E-state index is -0.0424. The van der Waals surface area contributed by atoms with Crippen molar-refractivity contribution in [3.8, 4) is 5.75 Å². The Bertz CT molecular complexity index is 427. The highest BCUT2D eigenvalue weighted by Gasteiger charge is 2.39. The molecule has 2 aliphatic carbocycles. The van der Waals surface area contributed by atoms with Crippen LogP contribution < -0.4 is 5.73 Å². The summed E-state index contributed by atoms with van der Waals surface area (Å²) in [7, 11) is 0. The van der Waals surface area contributed by atoms with Crippen LogP contribution in [0.3, 0.4) is 0 Å². The second-order valence-electron chi connectivity index (χ2n) is 6.40. The lowest BCUT2D eigenvalue weighted by molar-refractivity contribution is 0.204. The van der Waals surface area contributed by atoms with Crippen molar-refractivity contribution in [1.29, 1.82) is 0 Å². The van der Waals surface area contributed by atoms with Gasteiger partial charge >= 0.3 is 0 Å². The van der Waals surface area contributed by atoms with Gasteiger partial charge in [0.05, 0.1) is 0 Å². The van der Waals surface area contributed by atoms with Crippen LogP contribution in [0, 0.1) is 11.8 Å². The first kappa shape index (κ1) is 12.0. The molecule has 1 aromatic carbocycles. The van der Waals surface area contributed by atoms with Gasteiger partial charge in [0.25, 0.3) is 0 Å². The molecule has 2 fully saturated rings. The molecule has 2 atom stereocenters. The second-order valence-corrected chi connectivity index (χ2v) is 6.40. The van der Waals surface area contributed by atoms with Crippen LogP contribution in [0.2, 0.25) is 0 Å². The standard InChI is InChI=1S/C16H23NO/c17-16(10-12-3-1-5-15(18)9-12)8-2-4-14(11-16)13-6-7-13/h1,3,5,9,13-14,18H,2,4,6-8,10-11,17H2. The van der Waals surface area contributed by atoms with Crippen molar-refractivity contribution in [3.63, 3.8) is 0 Å². The molecule has 0 aromatic heterocycles. The molecule has 2 saturated carbocycles. The van der Waals surface area contributed by atoms with E-state index in [0.29, 0.717) is 5.75 Å². The van der Waals surface area contributed by atoms with Crippen molar-refractivity contribution in [1.82, 2.24) is 0 Å². The fourth-order valence-electron chi connectivity index (χ4n) is 3.65. The Balaban J connectivity index is 1.69. The van der Waals surface area contributed by atoms with Gasteiger partial charge in [0.1, 0.15) is 5.75 Å². The second kappa shape index (κ2) is 4.58. The molecule has 1 aromatic rings. The van der Waals surface area contributed by atoms with Crippen molar-refractivity contribution in [2.24, 2.45) is 17.6 Å². The van der Waals surface area contributed by atoms with Gasteiger partial charge in [0.2, 0.25) is 0 Å². The zero-order chi connectivity index (χ0) is 12.6. The summed E-state index contributed by atoms with van der Waals surface area (Å²) in [6, 6.07) is 7.57. The Labute approximate surface area is 109 Å². The lowest BCUT2D eigenvalue weighted by atomic mass is 9.72. The molecule has 3 N–H and O–H groups in total. The maximum Gasteiger partial charge on any atom is 0.115 e. The van der Waals surface area contributed by atoms with Gasteiger partial charge in [-0.05, 0) is 61.6 Å². The van der Waals surface area contributed by atoms with Crippen molar-refractivity contribution in [3.05, 3.63) is 29.8 Å². The topological polar surface area (TPSA) is 46.2 Å². The Morgan fingerprint density at radius 1 is 1.22 bits per heavy atom. The molecule has 2 unspecified atom stereocenters. The Morgan fingerprint density at radius 3 is 2.78 bits per heavy atom. The quantitative estimate of drug-likeness (QED) is 0.858. The highest BCUT2D eigenvalue weighted by atomic mass is 16.3. The molecule has 2 aliphatic rings. The first-order chi connectivity index (χ1) is 8.65. The molecule has 0 radical (unpaired) electrons. The average molecular weight is 245 g/mol. The number of benzene rings is 1. The minimum absolute atomic E-state index is 0.0424. The molecular weight excluding hydrogens is 222 g/mol.